The quantitative estimate of drug-likeness (QED) is 0.866. The van der Waals surface area contributed by atoms with E-state index in [1.165, 1.54) is 68.9 Å². The Morgan fingerprint density at radius 3 is 2.65 bits per heavy atom. The number of hydrogen-bond acceptors (Lipinski definition) is 4. The summed E-state index contributed by atoms with van der Waals surface area (Å²) in [5.74, 6) is 2.66. The Balaban J connectivity index is 1.46. The van der Waals surface area contributed by atoms with Crippen molar-refractivity contribution in [1.82, 2.24) is 15.3 Å². The van der Waals surface area contributed by atoms with Crippen molar-refractivity contribution in [3.05, 3.63) is 29.1 Å². The van der Waals surface area contributed by atoms with Gasteiger partial charge in [-0.15, -0.1) is 0 Å². The maximum Gasteiger partial charge on any atom is 0.176 e. The molecule has 1 atom stereocenters. The van der Waals surface area contributed by atoms with E-state index >= 15 is 0 Å². The lowest BCUT2D eigenvalue weighted by molar-refractivity contribution is -0.0197. The van der Waals surface area contributed by atoms with Crippen molar-refractivity contribution in [2.24, 2.45) is 16.9 Å². The molecule has 3 saturated carbocycles. The molecule has 4 nitrogen and oxygen atoms in total. The van der Waals surface area contributed by atoms with Crippen molar-refractivity contribution in [3.8, 4) is 0 Å². The maximum atomic E-state index is 4.76. The highest BCUT2D eigenvalue weighted by Gasteiger charge is 2.53. The number of aromatic nitrogens is 1. The first kappa shape index (κ1) is 13.8. The molecule has 6 rings (SSSR count). The molecule has 23 heavy (non-hydrogen) atoms. The minimum atomic E-state index is 0.0636. The van der Waals surface area contributed by atoms with Crippen molar-refractivity contribution in [2.45, 2.75) is 63.5 Å². The molecule has 1 aromatic heterocycles. The van der Waals surface area contributed by atoms with Crippen LogP contribution in [0.1, 0.15) is 61.8 Å². The zero-order chi connectivity index (χ0) is 15.4. The topological polar surface area (TPSA) is 40.5 Å². The molecule has 0 saturated heterocycles. The van der Waals surface area contributed by atoms with Crippen LogP contribution in [0.4, 0.5) is 0 Å². The van der Waals surface area contributed by atoms with Crippen LogP contribution in [-0.4, -0.2) is 28.4 Å². The zero-order valence-electron chi connectivity index (χ0n) is 14.0. The molecule has 3 fully saturated rings. The SMILES string of the molecule is CN1C(c2cc3c(cn2)CCCC3)=NN[C@@]12CC1CCC2CC1. The van der Waals surface area contributed by atoms with Gasteiger partial charge in [-0.25, -0.2) is 0 Å². The van der Waals surface area contributed by atoms with E-state index in [1.807, 2.05) is 0 Å². The van der Waals surface area contributed by atoms with E-state index in [0.29, 0.717) is 0 Å². The molecule has 4 aliphatic carbocycles. The molecular formula is C19H26N4. The lowest BCUT2D eigenvalue weighted by atomic mass is 9.64. The van der Waals surface area contributed by atoms with Crippen molar-refractivity contribution >= 4 is 5.84 Å². The lowest BCUT2D eigenvalue weighted by Gasteiger charge is -2.52. The summed E-state index contributed by atoms with van der Waals surface area (Å²) in [7, 11) is 2.22. The molecule has 1 N–H and O–H groups in total. The summed E-state index contributed by atoms with van der Waals surface area (Å²) in [4.78, 5) is 7.17. The van der Waals surface area contributed by atoms with Gasteiger partial charge in [0.15, 0.2) is 5.84 Å². The molecule has 2 bridgehead atoms. The van der Waals surface area contributed by atoms with Gasteiger partial charge in [-0.2, -0.15) is 5.10 Å². The molecular weight excluding hydrogens is 284 g/mol. The summed E-state index contributed by atoms with van der Waals surface area (Å²) < 4.78 is 0. The predicted octanol–water partition coefficient (Wildman–Crippen LogP) is 3.06. The second-order valence-corrected chi connectivity index (χ2v) is 8.00. The van der Waals surface area contributed by atoms with Crippen LogP contribution in [-0.2, 0) is 12.8 Å². The molecule has 1 spiro atoms. The third kappa shape index (κ3) is 1.96. The van der Waals surface area contributed by atoms with Crippen LogP contribution in [0, 0.1) is 11.8 Å². The van der Waals surface area contributed by atoms with E-state index in [9.17, 15) is 0 Å². The number of amidine groups is 1. The molecule has 5 aliphatic rings. The highest BCUT2D eigenvalue weighted by Crippen LogP contribution is 2.50. The number of nitrogens with zero attached hydrogens (tertiary/aromatic N) is 3. The Bertz CT molecular complexity index is 659. The summed E-state index contributed by atoms with van der Waals surface area (Å²) in [5, 5.41) is 4.76. The fourth-order valence-corrected chi connectivity index (χ4v) is 5.45. The third-order valence-corrected chi connectivity index (χ3v) is 6.85. The number of hydrogen-bond donors (Lipinski definition) is 1. The summed E-state index contributed by atoms with van der Waals surface area (Å²) >= 11 is 0. The molecule has 0 radical (unpaired) electrons. The van der Waals surface area contributed by atoms with Crippen LogP contribution in [0.15, 0.2) is 17.4 Å². The van der Waals surface area contributed by atoms with Crippen LogP contribution in [0.2, 0.25) is 0 Å². The first-order chi connectivity index (χ1) is 11.3. The standard InChI is InChI=1S/C19H26N4/c1-23-18(17-10-14-4-2-3-5-15(14)12-20-17)21-22-19(23)11-13-6-8-16(19)9-7-13/h10,12-13,16,22H,2-9,11H2,1H3/t13?,16?,19-/m0/s1. The van der Waals surface area contributed by atoms with Crippen LogP contribution in [0.5, 0.6) is 0 Å². The second kappa shape index (κ2) is 4.96. The van der Waals surface area contributed by atoms with Crippen LogP contribution >= 0.6 is 0 Å². The van der Waals surface area contributed by atoms with Crippen molar-refractivity contribution < 1.29 is 0 Å². The number of hydrazone groups is 1. The van der Waals surface area contributed by atoms with Gasteiger partial charge in [-0.05, 0) is 80.9 Å². The normalized spacial score (nSPS) is 35.2. The van der Waals surface area contributed by atoms with E-state index in [0.717, 1.165) is 23.4 Å². The first-order valence-corrected chi connectivity index (χ1v) is 9.33. The Morgan fingerprint density at radius 1 is 1.13 bits per heavy atom. The van der Waals surface area contributed by atoms with Crippen LogP contribution < -0.4 is 5.43 Å². The van der Waals surface area contributed by atoms with Gasteiger partial charge in [0.25, 0.3) is 0 Å². The smallest absolute Gasteiger partial charge is 0.176 e. The molecule has 122 valence electrons. The number of aryl methyl sites for hydroxylation is 2. The Morgan fingerprint density at radius 2 is 1.91 bits per heavy atom. The summed E-state index contributed by atoms with van der Waals surface area (Å²) in [6, 6.07) is 2.30. The largest absolute Gasteiger partial charge is 0.332 e. The van der Waals surface area contributed by atoms with Gasteiger partial charge in [0.1, 0.15) is 11.4 Å². The average Bonchev–Trinajstić information content (AvgIpc) is 2.92. The fourth-order valence-electron chi connectivity index (χ4n) is 5.45. The van der Waals surface area contributed by atoms with Gasteiger partial charge in [0.05, 0.1) is 0 Å². The van der Waals surface area contributed by atoms with Gasteiger partial charge in [0.2, 0.25) is 0 Å². The van der Waals surface area contributed by atoms with Gasteiger partial charge >= 0.3 is 0 Å². The molecule has 0 aromatic carbocycles. The molecule has 2 heterocycles. The van der Waals surface area contributed by atoms with E-state index < -0.39 is 0 Å². The average molecular weight is 310 g/mol. The van der Waals surface area contributed by atoms with Crippen LogP contribution in [0.3, 0.4) is 0 Å². The van der Waals surface area contributed by atoms with Gasteiger partial charge in [0, 0.05) is 19.2 Å². The Kier molecular flexibility index (Phi) is 2.98. The molecule has 1 aliphatic heterocycles. The molecule has 0 amide bonds. The Labute approximate surface area is 138 Å². The monoisotopic (exact) mass is 310 g/mol. The van der Waals surface area contributed by atoms with E-state index in [4.69, 9.17) is 10.1 Å². The minimum absolute atomic E-state index is 0.0636. The molecule has 4 heteroatoms. The van der Waals surface area contributed by atoms with E-state index in [-0.39, 0.29) is 5.66 Å². The minimum Gasteiger partial charge on any atom is -0.332 e. The molecule has 0 unspecified atom stereocenters. The third-order valence-electron chi connectivity index (χ3n) is 6.85. The zero-order valence-corrected chi connectivity index (χ0v) is 14.0. The van der Waals surface area contributed by atoms with Gasteiger partial charge in [-0.1, -0.05) is 0 Å². The van der Waals surface area contributed by atoms with E-state index in [1.54, 1.807) is 0 Å². The van der Waals surface area contributed by atoms with Crippen molar-refractivity contribution in [3.63, 3.8) is 0 Å². The number of rotatable bonds is 1. The van der Waals surface area contributed by atoms with Gasteiger partial charge in [-0.3, -0.25) is 10.4 Å². The second-order valence-electron chi connectivity index (χ2n) is 8.00. The fraction of sp³-hybridized carbons (Fsp3) is 0.684. The van der Waals surface area contributed by atoms with Gasteiger partial charge < -0.3 is 4.90 Å². The van der Waals surface area contributed by atoms with Crippen molar-refractivity contribution in [1.29, 1.82) is 0 Å². The number of pyridine rings is 1. The highest BCUT2D eigenvalue weighted by molar-refractivity contribution is 5.98. The summed E-state index contributed by atoms with van der Waals surface area (Å²) in [6.07, 6.45) is 13.9. The summed E-state index contributed by atoms with van der Waals surface area (Å²) in [5.41, 5.74) is 7.61. The first-order valence-electron chi connectivity index (χ1n) is 9.33. The predicted molar refractivity (Wildman–Crippen MR) is 91.1 cm³/mol. The van der Waals surface area contributed by atoms with Crippen LogP contribution in [0.25, 0.3) is 0 Å². The Hall–Kier alpha value is -1.58. The summed E-state index contributed by atoms with van der Waals surface area (Å²) in [6.45, 7) is 0. The maximum absolute atomic E-state index is 4.76. The van der Waals surface area contributed by atoms with Crippen molar-refractivity contribution in [2.75, 3.05) is 7.05 Å². The number of fused-ring (bicyclic) bond motifs is 3. The van der Waals surface area contributed by atoms with E-state index in [2.05, 4.69) is 29.6 Å². The highest BCUT2D eigenvalue weighted by atomic mass is 15.6. The number of nitrogens with one attached hydrogen (secondary N) is 1. The molecule has 1 aromatic rings. The lowest BCUT2D eigenvalue weighted by Crippen LogP contribution is -2.62.